The monoisotopic (exact) mass is 579 g/mol. The van der Waals surface area contributed by atoms with Crippen molar-refractivity contribution in [3.05, 3.63) is 199 Å². The lowest BCUT2D eigenvalue weighted by atomic mass is 10.1. The Bertz CT molecular complexity index is 1890. The van der Waals surface area contributed by atoms with Gasteiger partial charge >= 0.3 is 0 Å². The molecule has 0 spiro atoms. The van der Waals surface area contributed by atoms with Gasteiger partial charge in [0.25, 0.3) is 0 Å². The molecule has 1 nitrogen and oxygen atoms in total. The van der Waals surface area contributed by atoms with E-state index < -0.39 is 8.07 Å². The van der Waals surface area contributed by atoms with Crippen molar-refractivity contribution in [1.29, 1.82) is 0 Å². The summed E-state index contributed by atoms with van der Waals surface area (Å²) >= 11 is 0. The maximum Gasteiger partial charge on any atom is 0.172 e. The molecule has 0 aromatic heterocycles. The Hall–Kier alpha value is -5.44. The highest BCUT2D eigenvalue weighted by molar-refractivity contribution is 7.15. The molecule has 0 N–H and O–H groups in total. The lowest BCUT2D eigenvalue weighted by Crippen LogP contribution is -2.66. The molecule has 0 fully saturated rings. The lowest BCUT2D eigenvalue weighted by Gasteiger charge is -2.30. The summed E-state index contributed by atoms with van der Waals surface area (Å²) in [5.41, 5.74) is 7.08. The zero-order chi connectivity index (χ0) is 29.6. The predicted octanol–water partition coefficient (Wildman–Crippen LogP) is 9.03. The minimum Gasteiger partial charge on any atom is -0.310 e. The van der Waals surface area contributed by atoms with Gasteiger partial charge in [-0.3, -0.25) is 0 Å². The predicted molar refractivity (Wildman–Crippen MR) is 192 cm³/mol. The van der Waals surface area contributed by atoms with E-state index in [1.807, 2.05) is 0 Å². The number of nitrogens with zero attached hydrogens (tertiary/aromatic N) is 1. The van der Waals surface area contributed by atoms with Gasteiger partial charge in [0.2, 0.25) is 0 Å². The molecular weight excluding hydrogens is 547 g/mol. The molecule has 0 heterocycles. The van der Waals surface area contributed by atoms with Crippen LogP contribution in [0.25, 0.3) is 16.8 Å². The van der Waals surface area contributed by atoms with Gasteiger partial charge < -0.3 is 4.90 Å². The van der Waals surface area contributed by atoms with Crippen LogP contribution in [-0.4, -0.2) is 8.07 Å². The smallest absolute Gasteiger partial charge is 0.172 e. The summed E-state index contributed by atoms with van der Waals surface area (Å²) in [6.07, 6.45) is 2.33. The third kappa shape index (κ3) is 5.40. The highest BCUT2D eigenvalue weighted by atomic mass is 28.3. The summed E-state index contributed by atoms with van der Waals surface area (Å²) in [4.78, 5) is 2.33. The fourth-order valence-corrected chi connectivity index (χ4v) is 10.4. The fraction of sp³-hybridized carbons (Fsp3) is 0. The Morgan fingerprint density at radius 3 is 1.34 bits per heavy atom. The minimum atomic E-state index is -2.46. The Kier molecular flexibility index (Phi) is 7.74. The molecule has 0 amide bonds. The molecule has 7 aromatic rings. The van der Waals surface area contributed by atoms with E-state index in [0.717, 1.165) is 17.1 Å². The Morgan fingerprint density at radius 1 is 0.364 bits per heavy atom. The minimum absolute atomic E-state index is 1.13. The molecule has 0 aliphatic carbocycles. The molecule has 0 aliphatic heterocycles. The second kappa shape index (κ2) is 12.4. The second-order valence-electron chi connectivity index (χ2n) is 11.0. The van der Waals surface area contributed by atoms with Crippen molar-refractivity contribution < 1.29 is 0 Å². The van der Waals surface area contributed by atoms with Gasteiger partial charge in [0.1, 0.15) is 0 Å². The summed E-state index contributed by atoms with van der Waals surface area (Å²) in [5.74, 6) is 0. The van der Waals surface area contributed by atoms with Crippen molar-refractivity contribution in [2.75, 3.05) is 4.90 Å². The van der Waals surface area contributed by atoms with Crippen molar-refractivity contribution in [1.82, 2.24) is 0 Å². The average molecular weight is 580 g/mol. The van der Waals surface area contributed by atoms with Gasteiger partial charge in [-0.1, -0.05) is 163 Å². The molecule has 44 heavy (non-hydrogen) atoms. The number of hydrogen-bond donors (Lipinski definition) is 0. The molecule has 210 valence electrons. The fourth-order valence-electron chi connectivity index (χ4n) is 6.19. The highest BCUT2D eigenvalue weighted by Crippen LogP contribution is 2.36. The van der Waals surface area contributed by atoms with Crippen LogP contribution in [0.2, 0.25) is 0 Å². The Balaban J connectivity index is 1.31. The van der Waals surface area contributed by atoms with Crippen LogP contribution < -0.4 is 20.5 Å². The molecule has 2 heteroatoms. The van der Waals surface area contributed by atoms with Crippen LogP contribution in [0.15, 0.2) is 194 Å². The standard InChI is InChI=1S/C42H33NSi/c1-5-17-37(18-6-1)43(39-30-27-35-15-13-14-16-36(35)33-39)38-28-25-34(26-29-38)31-32-44(40-19-7-2-8-20-40,41-21-9-3-10-22-41)42-23-11-4-12-24-42/h1-33H. The summed E-state index contributed by atoms with van der Waals surface area (Å²) in [6, 6.07) is 67.8. The maximum absolute atomic E-state index is 2.50. The van der Waals surface area contributed by atoms with E-state index in [1.54, 1.807) is 0 Å². The van der Waals surface area contributed by atoms with Crippen LogP contribution in [0.1, 0.15) is 5.56 Å². The molecule has 0 aliphatic rings. The van der Waals surface area contributed by atoms with E-state index in [2.05, 4.69) is 205 Å². The van der Waals surface area contributed by atoms with Crippen molar-refractivity contribution in [2.24, 2.45) is 0 Å². The summed E-state index contributed by atoms with van der Waals surface area (Å²) in [5, 5.41) is 6.59. The highest BCUT2D eigenvalue weighted by Gasteiger charge is 2.36. The van der Waals surface area contributed by atoms with E-state index in [9.17, 15) is 0 Å². The van der Waals surface area contributed by atoms with Crippen molar-refractivity contribution in [3.8, 4) is 0 Å². The maximum atomic E-state index is 2.50. The van der Waals surface area contributed by atoms with Gasteiger partial charge in [0.15, 0.2) is 8.07 Å². The molecule has 7 rings (SSSR count). The normalized spacial score (nSPS) is 11.5. The first kappa shape index (κ1) is 27.4. The number of anilines is 3. The third-order valence-corrected chi connectivity index (χ3v) is 12.8. The number of benzene rings is 7. The first-order chi connectivity index (χ1) is 21.8. The van der Waals surface area contributed by atoms with Gasteiger partial charge in [0, 0.05) is 17.1 Å². The Morgan fingerprint density at radius 2 is 0.795 bits per heavy atom. The van der Waals surface area contributed by atoms with Crippen LogP contribution in [0, 0.1) is 0 Å². The average Bonchev–Trinajstić information content (AvgIpc) is 3.11. The van der Waals surface area contributed by atoms with Gasteiger partial charge in [-0.05, 0) is 68.3 Å². The molecule has 7 aromatic carbocycles. The topological polar surface area (TPSA) is 3.24 Å². The van der Waals surface area contributed by atoms with E-state index in [0.29, 0.717) is 0 Å². The molecule has 0 saturated heterocycles. The molecule has 0 atom stereocenters. The van der Waals surface area contributed by atoms with Gasteiger partial charge in [-0.2, -0.15) is 0 Å². The summed E-state index contributed by atoms with van der Waals surface area (Å²) in [7, 11) is -2.46. The van der Waals surface area contributed by atoms with E-state index in [1.165, 1.54) is 31.9 Å². The molecule has 0 radical (unpaired) electrons. The molecule has 0 bridgehead atoms. The van der Waals surface area contributed by atoms with Crippen LogP contribution in [0.3, 0.4) is 0 Å². The molecular formula is C42H33NSi. The van der Waals surface area contributed by atoms with Gasteiger partial charge in [0.05, 0.1) is 0 Å². The van der Waals surface area contributed by atoms with E-state index in [-0.39, 0.29) is 0 Å². The number of para-hydroxylation sites is 1. The van der Waals surface area contributed by atoms with Crippen molar-refractivity contribution >= 4 is 57.5 Å². The van der Waals surface area contributed by atoms with Crippen molar-refractivity contribution in [3.63, 3.8) is 0 Å². The molecule has 0 unspecified atom stereocenters. The first-order valence-corrected chi connectivity index (χ1v) is 17.2. The second-order valence-corrected chi connectivity index (χ2v) is 14.7. The van der Waals surface area contributed by atoms with Crippen LogP contribution >= 0.6 is 0 Å². The summed E-state index contributed by atoms with van der Waals surface area (Å²) in [6.45, 7) is 0. The van der Waals surface area contributed by atoms with Crippen LogP contribution in [0.4, 0.5) is 17.1 Å². The van der Waals surface area contributed by atoms with Crippen LogP contribution in [0.5, 0.6) is 0 Å². The molecule has 0 saturated carbocycles. The Labute approximate surface area is 261 Å². The summed E-state index contributed by atoms with van der Waals surface area (Å²) < 4.78 is 0. The number of rotatable bonds is 8. The van der Waals surface area contributed by atoms with Gasteiger partial charge in [-0.25, -0.2) is 0 Å². The van der Waals surface area contributed by atoms with E-state index >= 15 is 0 Å². The quantitative estimate of drug-likeness (QED) is 0.128. The first-order valence-electron chi connectivity index (χ1n) is 15.1. The SMILES string of the molecule is C(=C[Si](c1ccccc1)(c1ccccc1)c1ccccc1)c1ccc(N(c2ccccc2)c2ccc3ccccc3c2)cc1. The zero-order valence-corrected chi connectivity index (χ0v) is 25.5. The van der Waals surface area contributed by atoms with Crippen LogP contribution in [-0.2, 0) is 0 Å². The van der Waals surface area contributed by atoms with E-state index in [4.69, 9.17) is 0 Å². The number of fused-ring (bicyclic) bond motifs is 1. The lowest BCUT2D eigenvalue weighted by molar-refractivity contribution is 1.29. The zero-order valence-electron chi connectivity index (χ0n) is 24.5. The van der Waals surface area contributed by atoms with Gasteiger partial charge in [-0.15, -0.1) is 0 Å². The third-order valence-electron chi connectivity index (χ3n) is 8.37. The van der Waals surface area contributed by atoms with Crippen molar-refractivity contribution in [2.45, 2.75) is 0 Å². The largest absolute Gasteiger partial charge is 0.310 e. The number of hydrogen-bond acceptors (Lipinski definition) is 1.